The van der Waals surface area contributed by atoms with E-state index in [1.807, 2.05) is 0 Å². The van der Waals surface area contributed by atoms with Crippen LogP contribution in [0.5, 0.6) is 5.75 Å². The molecule has 2 aliphatic rings. The first-order valence-electron chi connectivity index (χ1n) is 11.2. The molecule has 0 spiro atoms. The maximum Gasteiger partial charge on any atom is 0.157 e. The summed E-state index contributed by atoms with van der Waals surface area (Å²) in [5, 5.41) is 1.37. The van der Waals surface area contributed by atoms with Gasteiger partial charge in [0.1, 0.15) is 6.61 Å². The quantitative estimate of drug-likeness (QED) is 0.395. The van der Waals surface area contributed by atoms with E-state index in [1.165, 1.54) is 75.1 Å². The van der Waals surface area contributed by atoms with E-state index in [4.69, 9.17) is 12.3 Å². The van der Waals surface area contributed by atoms with Crippen molar-refractivity contribution in [3.05, 3.63) is 60.2 Å². The fourth-order valence-electron chi connectivity index (χ4n) is 5.34. The molecule has 0 bridgehead atoms. The molecule has 0 aromatic heterocycles. The summed E-state index contributed by atoms with van der Waals surface area (Å²) in [6, 6.07) is 19.2. The molecule has 0 heterocycles. The minimum Gasteiger partial charge on any atom is -0.485 e. The monoisotopic (exact) mass is 391 g/mol. The molecule has 0 N–H and O–H groups in total. The van der Waals surface area contributed by atoms with Crippen LogP contribution in [0.15, 0.2) is 54.6 Å². The van der Waals surface area contributed by atoms with Crippen molar-refractivity contribution in [2.45, 2.75) is 82.1 Å². The van der Waals surface area contributed by atoms with E-state index in [1.54, 1.807) is 0 Å². The number of hydrogen-bond donors (Lipinski definition) is 0. The van der Waals surface area contributed by atoms with Gasteiger partial charge in [-0.3, -0.25) is 7.57 Å². The Hall–Kier alpha value is -1.27. The topological polar surface area (TPSA) is 9.23 Å². The predicted octanol–water partition coefficient (Wildman–Crippen LogP) is 6.66. The number of hydrogen-bond acceptors (Lipinski definition) is 1. The van der Waals surface area contributed by atoms with E-state index >= 15 is 0 Å². The highest BCUT2D eigenvalue weighted by atomic mass is 31.2. The molecule has 0 saturated heterocycles. The molecule has 4 rings (SSSR count). The number of para-hydroxylation sites is 1. The molecule has 0 aliphatic heterocycles. The van der Waals surface area contributed by atoms with Gasteiger partial charge in [-0.25, -0.2) is 7.14 Å². The molecule has 2 saturated carbocycles. The molecule has 2 aliphatic carbocycles. The maximum absolute atomic E-state index is 7.57. The van der Waals surface area contributed by atoms with Crippen LogP contribution in [0.2, 0.25) is 0 Å². The Labute approximate surface area is 173 Å². The molecule has 2 fully saturated rings. The fraction of sp³-hybridized carbons (Fsp3) is 0.520. The van der Waals surface area contributed by atoms with Crippen molar-refractivity contribution in [3.63, 3.8) is 0 Å². The number of ether oxygens (including phenoxy) is 1. The second-order valence-corrected chi connectivity index (χ2v) is 12.3. The van der Waals surface area contributed by atoms with Crippen LogP contribution in [0.25, 0.3) is 0 Å². The highest BCUT2D eigenvalue weighted by molar-refractivity contribution is 8.04. The van der Waals surface area contributed by atoms with Gasteiger partial charge in [0.25, 0.3) is 0 Å². The van der Waals surface area contributed by atoms with Crippen molar-refractivity contribution in [1.29, 1.82) is 0 Å². The van der Waals surface area contributed by atoms with Gasteiger partial charge in [-0.1, -0.05) is 55.3 Å². The molecule has 3 heteroatoms. The second kappa shape index (κ2) is 9.49. The maximum atomic E-state index is 7.57. The third kappa shape index (κ3) is 4.33. The summed E-state index contributed by atoms with van der Waals surface area (Å²) in [5.74, 6) is 1.04. The van der Waals surface area contributed by atoms with Crippen LogP contribution in [-0.4, -0.2) is 18.9 Å². The lowest BCUT2D eigenvalue weighted by atomic mass is 9.99. The van der Waals surface area contributed by atoms with Crippen LogP contribution in [0.3, 0.4) is 0 Å². The third-order valence-electron chi connectivity index (χ3n) is 6.88. The Morgan fingerprint density at radius 1 is 0.714 bits per heavy atom. The first kappa shape index (κ1) is 20.0. The summed E-state index contributed by atoms with van der Waals surface area (Å²) >= 11 is 0. The minimum absolute atomic E-state index is 0.618. The SMILES string of the molecule is [B-][P+](c1ccccc1OCc1ccccc1)(C1CCCCC1)C1CCCCC1. The third-order valence-corrected chi connectivity index (χ3v) is 11.5. The van der Waals surface area contributed by atoms with E-state index in [2.05, 4.69) is 54.6 Å². The highest BCUT2D eigenvalue weighted by Crippen LogP contribution is 2.68. The van der Waals surface area contributed by atoms with Crippen molar-refractivity contribution in [2.24, 2.45) is 0 Å². The van der Waals surface area contributed by atoms with Gasteiger partial charge in [-0.15, -0.1) is 0 Å². The largest absolute Gasteiger partial charge is 0.485 e. The van der Waals surface area contributed by atoms with Gasteiger partial charge in [0.15, 0.2) is 5.75 Å². The molecule has 147 valence electrons. The van der Waals surface area contributed by atoms with Crippen molar-refractivity contribution >= 4 is 20.0 Å². The zero-order chi connectivity index (χ0) is 19.2. The van der Waals surface area contributed by atoms with Crippen LogP contribution >= 0.6 is 7.14 Å². The molecule has 2 aromatic rings. The van der Waals surface area contributed by atoms with Crippen LogP contribution in [0.1, 0.15) is 69.8 Å². The van der Waals surface area contributed by atoms with Gasteiger partial charge in [0.05, 0.1) is 5.30 Å². The van der Waals surface area contributed by atoms with Crippen LogP contribution in [0, 0.1) is 0 Å². The highest BCUT2D eigenvalue weighted by Gasteiger charge is 2.41. The van der Waals surface area contributed by atoms with Crippen LogP contribution in [0.4, 0.5) is 0 Å². The number of benzene rings is 2. The zero-order valence-corrected chi connectivity index (χ0v) is 18.0. The van der Waals surface area contributed by atoms with E-state index in [-0.39, 0.29) is 0 Å². The predicted molar refractivity (Wildman–Crippen MR) is 123 cm³/mol. The second-order valence-electron chi connectivity index (χ2n) is 8.66. The molecule has 0 atom stereocenters. The lowest BCUT2D eigenvalue weighted by Crippen LogP contribution is -2.35. The summed E-state index contributed by atoms with van der Waals surface area (Å²) < 4.78 is 6.40. The van der Waals surface area contributed by atoms with Crippen molar-refractivity contribution < 1.29 is 4.74 Å². The van der Waals surface area contributed by atoms with E-state index in [9.17, 15) is 0 Å². The molecular formula is C25H33BOP. The summed E-state index contributed by atoms with van der Waals surface area (Å²) in [4.78, 5) is 0. The molecule has 0 unspecified atom stereocenters. The Morgan fingerprint density at radius 3 is 1.86 bits per heavy atom. The van der Waals surface area contributed by atoms with Gasteiger partial charge in [-0.05, 0) is 69.1 Å². The Morgan fingerprint density at radius 2 is 1.25 bits per heavy atom. The average molecular weight is 391 g/mol. The van der Waals surface area contributed by atoms with Gasteiger partial charge < -0.3 is 4.74 Å². The summed E-state index contributed by atoms with van der Waals surface area (Å²) in [5.41, 5.74) is 2.59. The Balaban J connectivity index is 1.65. The zero-order valence-electron chi connectivity index (χ0n) is 17.1. The average Bonchev–Trinajstić information content (AvgIpc) is 2.79. The minimum atomic E-state index is -1.76. The van der Waals surface area contributed by atoms with E-state index in [0.717, 1.165) is 5.75 Å². The number of rotatable bonds is 6. The van der Waals surface area contributed by atoms with Gasteiger partial charge in [0.2, 0.25) is 0 Å². The summed E-state index contributed by atoms with van der Waals surface area (Å²) in [6.45, 7) is 0.618. The molecule has 3 radical (unpaired) electrons. The fourth-order valence-corrected chi connectivity index (χ4v) is 10.0. The van der Waals surface area contributed by atoms with Crippen molar-refractivity contribution in [1.82, 2.24) is 0 Å². The van der Waals surface area contributed by atoms with Crippen LogP contribution in [-0.2, 0) is 6.61 Å². The first-order valence-corrected chi connectivity index (χ1v) is 13.2. The smallest absolute Gasteiger partial charge is 0.157 e. The van der Waals surface area contributed by atoms with E-state index < -0.39 is 7.14 Å². The van der Waals surface area contributed by atoms with Gasteiger partial charge >= 0.3 is 0 Å². The Bertz CT molecular complexity index is 717. The summed E-state index contributed by atoms with van der Waals surface area (Å²) in [7, 11) is 5.81. The van der Waals surface area contributed by atoms with E-state index in [0.29, 0.717) is 17.9 Å². The van der Waals surface area contributed by atoms with Crippen LogP contribution < -0.4 is 10.0 Å². The van der Waals surface area contributed by atoms with Crippen molar-refractivity contribution in [2.75, 3.05) is 0 Å². The lowest BCUT2D eigenvalue weighted by molar-refractivity contribution is 0.308. The first-order chi connectivity index (χ1) is 13.8. The Kier molecular flexibility index (Phi) is 6.79. The van der Waals surface area contributed by atoms with Gasteiger partial charge in [0, 0.05) is 11.3 Å². The molecular weight excluding hydrogens is 358 g/mol. The van der Waals surface area contributed by atoms with Crippen molar-refractivity contribution in [3.8, 4) is 5.75 Å². The molecule has 1 nitrogen and oxygen atoms in total. The summed E-state index contributed by atoms with van der Waals surface area (Å²) in [6.07, 6.45) is 13.4. The molecule has 28 heavy (non-hydrogen) atoms. The van der Waals surface area contributed by atoms with Gasteiger partial charge in [-0.2, -0.15) is 0 Å². The standard InChI is InChI=1S/C25H33BOP/c26-28(22-14-6-2-7-15-22,23-16-8-3-9-17-23)25-19-11-10-18-24(25)27-20-21-12-4-1-5-13-21/h1,4-5,10-13,18-19,22-23H,2-3,6-9,14-17,20H2. The normalized spacial score (nSPS) is 19.5. The lowest BCUT2D eigenvalue weighted by Gasteiger charge is -2.52. The molecule has 0 amide bonds. The molecule has 2 aromatic carbocycles.